The molecule has 0 rings (SSSR count). The molecular formula is C16H30O4. The number of hydrogen-bond acceptors (Lipinski definition) is 4. The van der Waals surface area contributed by atoms with Gasteiger partial charge < -0.3 is 9.47 Å². The summed E-state index contributed by atoms with van der Waals surface area (Å²) in [6.45, 7) is 12.6. The highest BCUT2D eigenvalue weighted by atomic mass is 16.5. The Morgan fingerprint density at radius 3 is 1.25 bits per heavy atom. The summed E-state index contributed by atoms with van der Waals surface area (Å²) in [5, 5.41) is 0. The van der Waals surface area contributed by atoms with Crippen molar-refractivity contribution in [1.29, 1.82) is 0 Å². The van der Waals surface area contributed by atoms with Gasteiger partial charge in [-0.1, -0.05) is 41.5 Å². The first-order chi connectivity index (χ1) is 9.33. The van der Waals surface area contributed by atoms with Crippen LogP contribution in [0.15, 0.2) is 0 Å². The molecular weight excluding hydrogens is 256 g/mol. The van der Waals surface area contributed by atoms with Crippen LogP contribution in [-0.4, -0.2) is 25.2 Å². The number of carbonyl (C=O) groups excluding carboxylic acids is 2. The highest BCUT2D eigenvalue weighted by molar-refractivity contribution is 5.82. The first kappa shape index (κ1) is 18.9. The lowest BCUT2D eigenvalue weighted by atomic mass is 9.88. The van der Waals surface area contributed by atoms with Gasteiger partial charge in [-0.05, 0) is 24.7 Å². The molecule has 0 aromatic rings. The predicted octanol–water partition coefficient (Wildman–Crippen LogP) is 3.44. The Hall–Kier alpha value is -1.06. The molecule has 0 spiro atoms. The van der Waals surface area contributed by atoms with Gasteiger partial charge in [-0.3, -0.25) is 9.59 Å². The zero-order chi connectivity index (χ0) is 15.7. The maximum atomic E-state index is 12.1. The van der Waals surface area contributed by atoms with E-state index < -0.39 is 11.8 Å². The van der Waals surface area contributed by atoms with Crippen LogP contribution in [0.5, 0.6) is 0 Å². The molecule has 0 heterocycles. The summed E-state index contributed by atoms with van der Waals surface area (Å²) in [5.41, 5.74) is 0. The summed E-state index contributed by atoms with van der Waals surface area (Å²) in [5.74, 6) is -0.783. The Labute approximate surface area is 123 Å². The maximum absolute atomic E-state index is 12.1. The van der Waals surface area contributed by atoms with E-state index in [1.807, 2.05) is 41.5 Å². The molecule has 4 heteroatoms. The Balaban J connectivity index is 4.62. The van der Waals surface area contributed by atoms with Crippen LogP contribution in [0.2, 0.25) is 0 Å². The fourth-order valence-corrected chi connectivity index (χ4v) is 1.94. The van der Waals surface area contributed by atoms with Crippen LogP contribution >= 0.6 is 0 Å². The molecule has 0 aliphatic carbocycles. The zero-order valence-corrected chi connectivity index (χ0v) is 13.8. The van der Waals surface area contributed by atoms with E-state index in [1.54, 1.807) is 0 Å². The summed E-state index contributed by atoms with van der Waals surface area (Å²) in [6, 6.07) is 0. The minimum atomic E-state index is -0.404. The summed E-state index contributed by atoms with van der Waals surface area (Å²) in [7, 11) is 0. The van der Waals surface area contributed by atoms with Gasteiger partial charge in [0.2, 0.25) is 0 Å². The number of rotatable bonds is 9. The largest absolute Gasteiger partial charge is 0.465 e. The van der Waals surface area contributed by atoms with Gasteiger partial charge in [0.25, 0.3) is 0 Å². The number of esters is 2. The average molecular weight is 286 g/mol. The smallest absolute Gasteiger partial charge is 0.309 e. The first-order valence-electron chi connectivity index (χ1n) is 7.66. The van der Waals surface area contributed by atoms with Gasteiger partial charge in [0.1, 0.15) is 0 Å². The second-order valence-corrected chi connectivity index (χ2v) is 6.08. The molecule has 118 valence electrons. The van der Waals surface area contributed by atoms with Gasteiger partial charge in [0.05, 0.1) is 25.0 Å². The SMILES string of the molecule is CCC(C(=O)OCC(C)C)C(CC)C(=O)OCC(C)C. The number of carbonyl (C=O) groups is 2. The normalized spacial score (nSPS) is 14.2. The third-order valence-corrected chi connectivity index (χ3v) is 3.09. The molecule has 0 aliphatic rings. The fraction of sp³-hybridized carbons (Fsp3) is 0.875. The lowest BCUT2D eigenvalue weighted by Gasteiger charge is -2.23. The third kappa shape index (κ3) is 6.92. The molecule has 0 aliphatic heterocycles. The highest BCUT2D eigenvalue weighted by Crippen LogP contribution is 2.23. The van der Waals surface area contributed by atoms with Crippen LogP contribution in [0.1, 0.15) is 54.4 Å². The van der Waals surface area contributed by atoms with E-state index in [9.17, 15) is 9.59 Å². The van der Waals surface area contributed by atoms with Crippen molar-refractivity contribution in [3.05, 3.63) is 0 Å². The second-order valence-electron chi connectivity index (χ2n) is 6.08. The molecule has 2 atom stereocenters. The van der Waals surface area contributed by atoms with Crippen molar-refractivity contribution in [2.75, 3.05) is 13.2 Å². The van der Waals surface area contributed by atoms with Gasteiger partial charge >= 0.3 is 11.9 Å². The maximum Gasteiger partial charge on any atom is 0.309 e. The van der Waals surface area contributed by atoms with Crippen LogP contribution in [0.25, 0.3) is 0 Å². The Kier molecular flexibility index (Phi) is 9.26. The Morgan fingerprint density at radius 2 is 1.05 bits per heavy atom. The van der Waals surface area contributed by atoms with Gasteiger partial charge in [-0.15, -0.1) is 0 Å². The molecule has 0 N–H and O–H groups in total. The topological polar surface area (TPSA) is 52.6 Å². The lowest BCUT2D eigenvalue weighted by molar-refractivity contribution is -0.162. The minimum absolute atomic E-state index is 0.283. The van der Waals surface area contributed by atoms with Crippen LogP contribution in [-0.2, 0) is 19.1 Å². The Morgan fingerprint density at radius 1 is 0.750 bits per heavy atom. The molecule has 0 radical (unpaired) electrons. The summed E-state index contributed by atoms with van der Waals surface area (Å²) in [6.07, 6.45) is 1.18. The molecule has 4 nitrogen and oxygen atoms in total. The van der Waals surface area contributed by atoms with Crippen molar-refractivity contribution < 1.29 is 19.1 Å². The molecule has 0 aromatic carbocycles. The van der Waals surface area contributed by atoms with Gasteiger partial charge in [-0.25, -0.2) is 0 Å². The monoisotopic (exact) mass is 286 g/mol. The average Bonchev–Trinajstić information content (AvgIpc) is 2.39. The summed E-state index contributed by atoms with van der Waals surface area (Å²) < 4.78 is 10.5. The van der Waals surface area contributed by atoms with Crippen molar-refractivity contribution >= 4 is 11.9 Å². The van der Waals surface area contributed by atoms with Gasteiger partial charge in [0, 0.05) is 0 Å². The van der Waals surface area contributed by atoms with E-state index in [4.69, 9.17) is 9.47 Å². The van der Waals surface area contributed by atoms with Crippen molar-refractivity contribution in [3.8, 4) is 0 Å². The van der Waals surface area contributed by atoms with Crippen molar-refractivity contribution in [2.24, 2.45) is 23.7 Å². The van der Waals surface area contributed by atoms with Crippen LogP contribution in [0.4, 0.5) is 0 Å². The van der Waals surface area contributed by atoms with Crippen molar-refractivity contribution in [2.45, 2.75) is 54.4 Å². The predicted molar refractivity (Wildman–Crippen MR) is 79.2 cm³/mol. The zero-order valence-electron chi connectivity index (χ0n) is 13.8. The third-order valence-electron chi connectivity index (χ3n) is 3.09. The van der Waals surface area contributed by atoms with E-state index in [2.05, 4.69) is 0 Å². The fourth-order valence-electron chi connectivity index (χ4n) is 1.94. The van der Waals surface area contributed by atoms with E-state index >= 15 is 0 Å². The standard InChI is InChI=1S/C16H30O4/c1-7-13(15(17)19-9-11(3)4)14(8-2)16(18)20-10-12(5)6/h11-14H,7-10H2,1-6H3. The van der Waals surface area contributed by atoms with Crippen molar-refractivity contribution in [1.82, 2.24) is 0 Å². The van der Waals surface area contributed by atoms with Gasteiger partial charge in [-0.2, -0.15) is 0 Å². The molecule has 20 heavy (non-hydrogen) atoms. The molecule has 0 amide bonds. The lowest BCUT2D eigenvalue weighted by Crippen LogP contribution is -2.33. The molecule has 0 bridgehead atoms. The summed E-state index contributed by atoms with van der Waals surface area (Å²) in [4.78, 5) is 24.2. The minimum Gasteiger partial charge on any atom is -0.465 e. The van der Waals surface area contributed by atoms with E-state index in [-0.39, 0.29) is 11.9 Å². The molecule has 0 saturated heterocycles. The molecule has 0 saturated carbocycles. The first-order valence-corrected chi connectivity index (χ1v) is 7.66. The van der Waals surface area contributed by atoms with Crippen LogP contribution < -0.4 is 0 Å². The van der Waals surface area contributed by atoms with E-state index in [1.165, 1.54) is 0 Å². The second kappa shape index (κ2) is 9.78. The molecule has 0 aromatic heterocycles. The van der Waals surface area contributed by atoms with Crippen molar-refractivity contribution in [3.63, 3.8) is 0 Å². The highest BCUT2D eigenvalue weighted by Gasteiger charge is 2.33. The molecule has 2 unspecified atom stereocenters. The number of ether oxygens (including phenoxy) is 2. The van der Waals surface area contributed by atoms with E-state index in [0.29, 0.717) is 37.9 Å². The van der Waals surface area contributed by atoms with Crippen LogP contribution in [0, 0.1) is 23.7 Å². The van der Waals surface area contributed by atoms with E-state index in [0.717, 1.165) is 0 Å². The molecule has 0 fully saturated rings. The number of hydrogen-bond donors (Lipinski definition) is 0. The van der Waals surface area contributed by atoms with Crippen LogP contribution in [0.3, 0.4) is 0 Å². The quantitative estimate of drug-likeness (QED) is 0.609. The Bertz CT molecular complexity index is 267. The van der Waals surface area contributed by atoms with Gasteiger partial charge in [0.15, 0.2) is 0 Å². The summed E-state index contributed by atoms with van der Waals surface area (Å²) >= 11 is 0.